The van der Waals surface area contributed by atoms with Gasteiger partial charge in [0, 0.05) is 6.42 Å². The molecule has 2 aromatic rings. The molecule has 0 aliphatic carbocycles. The number of nitriles is 2. The summed E-state index contributed by atoms with van der Waals surface area (Å²) in [5, 5.41) is 40.8. The zero-order valence-corrected chi connectivity index (χ0v) is 24.2. The van der Waals surface area contributed by atoms with Crippen molar-refractivity contribution in [1.29, 1.82) is 10.5 Å². The number of hydrogen-bond acceptors (Lipinski definition) is 8. The number of nitrogens with one attached hydrogen (secondary N) is 2. The molecule has 11 heteroatoms. The molecule has 11 nitrogen and oxygen atoms in total. The number of benzene rings is 2. The molecule has 0 radical (unpaired) electrons. The monoisotopic (exact) mass is 566 g/mol. The topological polar surface area (TPSA) is 182 Å². The number of nitrogens with zero attached hydrogens (tertiary/aromatic N) is 2. The number of aliphatic hydroxyl groups is 1. The van der Waals surface area contributed by atoms with Gasteiger partial charge in [0.2, 0.25) is 0 Å². The summed E-state index contributed by atoms with van der Waals surface area (Å²) in [5.74, 6) is -1.15. The number of carboxylic acid groups (broad SMARTS) is 1. The average Bonchev–Trinajstić information content (AvgIpc) is 2.87. The molecule has 0 bridgehead atoms. The number of aliphatic carboxylic acids is 1. The Labute approximate surface area is 240 Å². The van der Waals surface area contributed by atoms with Crippen molar-refractivity contribution in [2.45, 2.75) is 77.7 Å². The van der Waals surface area contributed by atoms with E-state index in [9.17, 15) is 19.5 Å². The Balaban J connectivity index is 0.000000410. The molecule has 2 rings (SSSR count). The van der Waals surface area contributed by atoms with Crippen molar-refractivity contribution in [2.75, 3.05) is 6.61 Å². The number of amides is 2. The van der Waals surface area contributed by atoms with E-state index in [1.54, 1.807) is 90.1 Å². The van der Waals surface area contributed by atoms with Gasteiger partial charge in [0.15, 0.2) is 0 Å². The van der Waals surface area contributed by atoms with Crippen LogP contribution in [0.5, 0.6) is 0 Å². The second-order valence-electron chi connectivity index (χ2n) is 11.1. The fourth-order valence-electron chi connectivity index (χ4n) is 3.24. The Kier molecular flexibility index (Phi) is 13.3. The van der Waals surface area contributed by atoms with Gasteiger partial charge < -0.3 is 30.3 Å². The number of alkyl carbamates (subject to hydrolysis) is 2. The number of rotatable bonds is 8. The summed E-state index contributed by atoms with van der Waals surface area (Å²) < 4.78 is 10.2. The van der Waals surface area contributed by atoms with E-state index >= 15 is 0 Å². The molecule has 2 amide bonds. The van der Waals surface area contributed by atoms with E-state index in [4.69, 9.17) is 25.1 Å². The minimum absolute atomic E-state index is 0.111. The highest BCUT2D eigenvalue weighted by atomic mass is 16.6. The highest BCUT2D eigenvalue weighted by molar-refractivity contribution is 5.80. The average molecular weight is 567 g/mol. The summed E-state index contributed by atoms with van der Waals surface area (Å²) in [5.41, 5.74) is 1.44. The Morgan fingerprint density at radius 2 is 1.15 bits per heavy atom. The maximum absolute atomic E-state index is 11.6. The molecule has 0 saturated heterocycles. The first-order valence-corrected chi connectivity index (χ1v) is 12.9. The van der Waals surface area contributed by atoms with Gasteiger partial charge in [-0.3, -0.25) is 0 Å². The van der Waals surface area contributed by atoms with Crippen molar-refractivity contribution >= 4 is 18.2 Å². The van der Waals surface area contributed by atoms with Crippen LogP contribution in [0.25, 0.3) is 0 Å². The van der Waals surface area contributed by atoms with Crippen LogP contribution >= 0.6 is 0 Å². The van der Waals surface area contributed by atoms with Crippen LogP contribution < -0.4 is 10.6 Å². The van der Waals surface area contributed by atoms with Gasteiger partial charge in [-0.05, 0) is 83.4 Å². The van der Waals surface area contributed by atoms with Crippen LogP contribution in [0, 0.1) is 22.7 Å². The molecular weight excluding hydrogens is 528 g/mol. The minimum Gasteiger partial charge on any atom is -0.480 e. The minimum atomic E-state index is -1.15. The molecular formula is C30H38N4O7. The van der Waals surface area contributed by atoms with Gasteiger partial charge in [-0.25, -0.2) is 14.4 Å². The Hall–Kier alpha value is -4.61. The second kappa shape index (κ2) is 15.8. The molecule has 0 fully saturated rings. The molecule has 0 aromatic heterocycles. The zero-order valence-electron chi connectivity index (χ0n) is 24.2. The summed E-state index contributed by atoms with van der Waals surface area (Å²) in [6.07, 6.45) is -0.740. The van der Waals surface area contributed by atoms with Crippen molar-refractivity contribution < 1.29 is 34.1 Å². The van der Waals surface area contributed by atoms with Gasteiger partial charge in [-0.15, -0.1) is 0 Å². The van der Waals surface area contributed by atoms with Crippen LogP contribution in [0.3, 0.4) is 0 Å². The lowest BCUT2D eigenvalue weighted by molar-refractivity contribution is -0.139. The third kappa shape index (κ3) is 14.9. The van der Waals surface area contributed by atoms with Gasteiger partial charge in [0.25, 0.3) is 0 Å². The molecule has 0 unspecified atom stereocenters. The van der Waals surface area contributed by atoms with Crippen LogP contribution in [0.2, 0.25) is 0 Å². The summed E-state index contributed by atoms with van der Waals surface area (Å²) in [4.78, 5) is 34.5. The van der Waals surface area contributed by atoms with Gasteiger partial charge in [-0.2, -0.15) is 10.5 Å². The molecule has 4 N–H and O–H groups in total. The molecule has 2 atom stereocenters. The lowest BCUT2D eigenvalue weighted by Crippen LogP contribution is -2.44. The molecule has 0 spiro atoms. The summed E-state index contributed by atoms with van der Waals surface area (Å²) >= 11 is 0. The van der Waals surface area contributed by atoms with Gasteiger partial charge in [0.1, 0.15) is 17.2 Å². The summed E-state index contributed by atoms with van der Waals surface area (Å²) in [6, 6.07) is 16.0. The first kappa shape index (κ1) is 34.4. The summed E-state index contributed by atoms with van der Waals surface area (Å²) in [7, 11) is 0. The van der Waals surface area contributed by atoms with E-state index < -0.39 is 41.4 Å². The molecule has 41 heavy (non-hydrogen) atoms. The highest BCUT2D eigenvalue weighted by Gasteiger charge is 2.24. The van der Waals surface area contributed by atoms with Gasteiger partial charge in [0.05, 0.1) is 35.9 Å². The predicted molar refractivity (Wildman–Crippen MR) is 151 cm³/mol. The molecule has 0 saturated carbocycles. The molecule has 2 aromatic carbocycles. The van der Waals surface area contributed by atoms with E-state index in [2.05, 4.69) is 10.6 Å². The number of aliphatic hydroxyl groups excluding tert-OH is 1. The maximum Gasteiger partial charge on any atom is 0.408 e. The van der Waals surface area contributed by atoms with E-state index in [0.717, 1.165) is 5.56 Å². The van der Waals surface area contributed by atoms with Crippen LogP contribution in [-0.2, 0) is 27.1 Å². The van der Waals surface area contributed by atoms with E-state index in [1.807, 2.05) is 12.1 Å². The quantitative estimate of drug-likeness (QED) is 0.366. The van der Waals surface area contributed by atoms with Gasteiger partial charge in [-0.1, -0.05) is 24.3 Å². The largest absolute Gasteiger partial charge is 0.480 e. The fourth-order valence-corrected chi connectivity index (χ4v) is 3.24. The smallest absolute Gasteiger partial charge is 0.408 e. The first-order chi connectivity index (χ1) is 19.0. The fraction of sp³-hybridized carbons (Fsp3) is 0.433. The second-order valence-corrected chi connectivity index (χ2v) is 11.1. The third-order valence-electron chi connectivity index (χ3n) is 5.02. The lowest BCUT2D eigenvalue weighted by atomic mass is 10.0. The van der Waals surface area contributed by atoms with Crippen LogP contribution in [0.15, 0.2) is 48.5 Å². The lowest BCUT2D eigenvalue weighted by Gasteiger charge is -2.22. The van der Waals surface area contributed by atoms with Crippen molar-refractivity contribution in [3.8, 4) is 12.1 Å². The van der Waals surface area contributed by atoms with E-state index in [-0.39, 0.29) is 13.0 Å². The Bertz CT molecular complexity index is 1230. The van der Waals surface area contributed by atoms with Gasteiger partial charge >= 0.3 is 18.2 Å². The standard InChI is InChI=1S/C15H18N2O4.C15H20N2O3/c1-15(2,3)21-14(20)17-12(13(18)19)8-10-4-6-11(9-16)7-5-10;1-15(2,3)20-14(19)17-13(10-18)8-11-4-6-12(9-16)7-5-11/h4-7,12H,8H2,1-3H3,(H,17,20)(H,18,19);4-7,13,18H,8,10H2,1-3H3,(H,17,19)/t12-;13-/m00/s1. The highest BCUT2D eigenvalue weighted by Crippen LogP contribution is 2.11. The molecule has 0 aliphatic rings. The SMILES string of the molecule is CC(C)(C)OC(=O)N[C@@H](Cc1ccc(C#N)cc1)C(=O)O.CC(C)(C)OC(=O)N[C@H](CO)Cc1ccc(C#N)cc1. The van der Waals surface area contributed by atoms with Crippen molar-refractivity contribution in [1.82, 2.24) is 10.6 Å². The van der Waals surface area contributed by atoms with Crippen LogP contribution in [-0.4, -0.2) is 58.3 Å². The zero-order chi connectivity index (χ0) is 31.2. The third-order valence-corrected chi connectivity index (χ3v) is 5.02. The van der Waals surface area contributed by atoms with E-state index in [1.165, 1.54) is 0 Å². The Morgan fingerprint density at radius 3 is 1.49 bits per heavy atom. The van der Waals surface area contributed by atoms with Crippen molar-refractivity contribution in [3.63, 3.8) is 0 Å². The molecule has 0 heterocycles. The molecule has 0 aliphatic heterocycles. The summed E-state index contributed by atoms with van der Waals surface area (Å²) in [6.45, 7) is 10.2. The number of carboxylic acids is 1. The number of hydrogen-bond donors (Lipinski definition) is 4. The van der Waals surface area contributed by atoms with Crippen LogP contribution in [0.4, 0.5) is 9.59 Å². The number of carbonyl (C=O) groups excluding carboxylic acids is 2. The first-order valence-electron chi connectivity index (χ1n) is 12.9. The van der Waals surface area contributed by atoms with Crippen molar-refractivity contribution in [3.05, 3.63) is 70.8 Å². The Morgan fingerprint density at radius 1 is 0.756 bits per heavy atom. The molecule has 220 valence electrons. The number of carbonyl (C=O) groups is 3. The van der Waals surface area contributed by atoms with E-state index in [0.29, 0.717) is 23.1 Å². The predicted octanol–water partition coefficient (Wildman–Crippen LogP) is 4.07. The normalized spacial score (nSPS) is 12.2. The van der Waals surface area contributed by atoms with Crippen LogP contribution in [0.1, 0.15) is 63.8 Å². The number of ether oxygens (including phenoxy) is 2. The maximum atomic E-state index is 11.6. The van der Waals surface area contributed by atoms with Crippen molar-refractivity contribution in [2.24, 2.45) is 0 Å².